The molecular formula is C52H39N3. The third kappa shape index (κ3) is 4.97. The van der Waals surface area contributed by atoms with Gasteiger partial charge >= 0.3 is 0 Å². The van der Waals surface area contributed by atoms with E-state index in [4.69, 9.17) is 0 Å². The maximum Gasteiger partial charge on any atom is 0.0540 e. The maximum atomic E-state index is 2.49. The Balaban J connectivity index is 1.12. The lowest BCUT2D eigenvalue weighted by Crippen LogP contribution is -2.21. The van der Waals surface area contributed by atoms with Gasteiger partial charge in [-0.2, -0.15) is 0 Å². The van der Waals surface area contributed by atoms with Gasteiger partial charge in [0.2, 0.25) is 0 Å². The van der Waals surface area contributed by atoms with Gasteiger partial charge in [0.1, 0.15) is 0 Å². The van der Waals surface area contributed by atoms with E-state index >= 15 is 0 Å². The summed E-state index contributed by atoms with van der Waals surface area (Å²) < 4.78 is 2.46. The van der Waals surface area contributed by atoms with Gasteiger partial charge in [-0.15, -0.1) is 0 Å². The van der Waals surface area contributed by atoms with Crippen molar-refractivity contribution in [3.8, 4) is 0 Å². The highest BCUT2D eigenvalue weighted by Gasteiger charge is 2.33. The van der Waals surface area contributed by atoms with Crippen LogP contribution in [0, 0.1) is 0 Å². The van der Waals surface area contributed by atoms with Crippen LogP contribution >= 0.6 is 0 Å². The van der Waals surface area contributed by atoms with Crippen molar-refractivity contribution in [2.75, 3.05) is 9.80 Å². The summed E-state index contributed by atoms with van der Waals surface area (Å²) in [6.07, 6.45) is 14.7. The quantitative estimate of drug-likeness (QED) is 0.164. The van der Waals surface area contributed by atoms with Crippen LogP contribution in [0.15, 0.2) is 193 Å². The molecule has 0 amide bonds. The fourth-order valence-corrected chi connectivity index (χ4v) is 9.42. The van der Waals surface area contributed by atoms with E-state index in [1.54, 1.807) is 0 Å². The summed E-state index contributed by atoms with van der Waals surface area (Å²) in [5, 5.41) is 4.96. The van der Waals surface area contributed by atoms with Crippen LogP contribution in [0.2, 0.25) is 0 Å². The SMILES string of the molecule is CCn1c2ccc(N(c3ccccc3)c3ccc4c5c3CC=C3C=CC=C(C=C4)C35)cc2c2cc(N(c3ccccc3)c3cccc4ccccc34)ccc21. The standard InChI is InChI=1S/C52H39N3/c1-2-53-47-31-27-41(54(39-17-5-3-6-18-39)49-22-12-14-35-13-9-10-21-43(35)49)33-45(47)46-34-42(28-32-48(46)53)55(40-19-7-4-8-20-40)50-30-26-38-24-23-36-15-11-16-37-25-29-44(50)52(38)51(36)37/h3-28,30-34,51H,2,29H2,1H3. The number of aryl methyl sites for hydroxylation is 1. The molecule has 3 aliphatic rings. The lowest BCUT2D eigenvalue weighted by Gasteiger charge is -2.36. The van der Waals surface area contributed by atoms with E-state index in [-0.39, 0.29) is 0 Å². The van der Waals surface area contributed by atoms with Gasteiger partial charge in [-0.25, -0.2) is 0 Å². The monoisotopic (exact) mass is 705 g/mol. The second-order valence-corrected chi connectivity index (χ2v) is 14.8. The number of hydrogen-bond donors (Lipinski definition) is 0. The van der Waals surface area contributed by atoms with Crippen LogP contribution in [0.1, 0.15) is 29.5 Å². The highest BCUT2D eigenvalue weighted by Crippen LogP contribution is 2.51. The zero-order valence-electron chi connectivity index (χ0n) is 30.7. The van der Waals surface area contributed by atoms with E-state index in [1.165, 1.54) is 71.8 Å². The first-order chi connectivity index (χ1) is 27.2. The van der Waals surface area contributed by atoms with Crippen LogP contribution in [0.3, 0.4) is 0 Å². The van der Waals surface area contributed by atoms with Gasteiger partial charge in [-0.05, 0) is 119 Å². The molecule has 1 heterocycles. The van der Waals surface area contributed by atoms with Crippen molar-refractivity contribution < 1.29 is 0 Å². The van der Waals surface area contributed by atoms with Crippen molar-refractivity contribution >= 4 is 72.8 Å². The zero-order valence-corrected chi connectivity index (χ0v) is 30.7. The van der Waals surface area contributed by atoms with E-state index in [0.29, 0.717) is 5.92 Å². The van der Waals surface area contributed by atoms with Crippen molar-refractivity contribution in [2.24, 2.45) is 0 Å². The van der Waals surface area contributed by atoms with Gasteiger partial charge in [0.25, 0.3) is 0 Å². The predicted octanol–water partition coefficient (Wildman–Crippen LogP) is 14.0. The smallest absolute Gasteiger partial charge is 0.0540 e. The zero-order chi connectivity index (χ0) is 36.5. The average molecular weight is 706 g/mol. The van der Waals surface area contributed by atoms with Crippen molar-refractivity contribution in [3.05, 3.63) is 210 Å². The number of anilines is 6. The molecule has 7 aromatic carbocycles. The summed E-state index contributed by atoms with van der Waals surface area (Å²) >= 11 is 0. The summed E-state index contributed by atoms with van der Waals surface area (Å²) in [5.74, 6) is 0.295. The maximum absolute atomic E-state index is 2.49. The van der Waals surface area contributed by atoms with Crippen molar-refractivity contribution in [1.82, 2.24) is 4.57 Å². The molecule has 8 aromatic rings. The Morgan fingerprint density at radius 2 is 1.20 bits per heavy atom. The molecule has 0 fully saturated rings. The first-order valence-electron chi connectivity index (χ1n) is 19.4. The molecule has 0 bridgehead atoms. The number of allylic oxidation sites excluding steroid dienone is 7. The fraction of sp³-hybridized carbons (Fsp3) is 0.0769. The van der Waals surface area contributed by atoms with Crippen LogP contribution < -0.4 is 9.80 Å². The molecule has 0 aliphatic heterocycles. The number of fused-ring (bicyclic) bond motifs is 4. The predicted molar refractivity (Wildman–Crippen MR) is 233 cm³/mol. The Hall–Kier alpha value is -6.84. The minimum absolute atomic E-state index is 0.295. The molecule has 1 atom stereocenters. The van der Waals surface area contributed by atoms with E-state index in [2.05, 4.69) is 209 Å². The molecule has 11 rings (SSSR count). The van der Waals surface area contributed by atoms with E-state index in [1.807, 2.05) is 0 Å². The summed E-state index contributed by atoms with van der Waals surface area (Å²) in [7, 11) is 0. The Bertz CT molecular complexity index is 2940. The van der Waals surface area contributed by atoms with E-state index in [9.17, 15) is 0 Å². The topological polar surface area (TPSA) is 11.4 Å². The lowest BCUT2D eigenvalue weighted by molar-refractivity contribution is 0.827. The Morgan fingerprint density at radius 3 is 1.91 bits per heavy atom. The normalized spacial score (nSPS) is 15.3. The molecule has 0 radical (unpaired) electrons. The van der Waals surface area contributed by atoms with Crippen molar-refractivity contribution in [1.29, 1.82) is 0 Å². The summed E-state index contributed by atoms with van der Waals surface area (Å²) in [6.45, 7) is 3.14. The Morgan fingerprint density at radius 1 is 0.545 bits per heavy atom. The van der Waals surface area contributed by atoms with E-state index in [0.717, 1.165) is 35.7 Å². The molecule has 262 valence electrons. The number of para-hydroxylation sites is 2. The third-order valence-electron chi connectivity index (χ3n) is 11.8. The van der Waals surface area contributed by atoms with Crippen LogP contribution in [0.25, 0.3) is 38.7 Å². The molecule has 3 aliphatic carbocycles. The lowest BCUT2D eigenvalue weighted by atomic mass is 9.70. The van der Waals surface area contributed by atoms with Crippen LogP contribution in [-0.2, 0) is 13.0 Å². The highest BCUT2D eigenvalue weighted by molar-refractivity contribution is 6.11. The van der Waals surface area contributed by atoms with Gasteiger partial charge < -0.3 is 14.4 Å². The number of benzene rings is 7. The van der Waals surface area contributed by atoms with Gasteiger partial charge in [0.15, 0.2) is 0 Å². The van der Waals surface area contributed by atoms with Crippen LogP contribution in [0.4, 0.5) is 34.1 Å². The van der Waals surface area contributed by atoms with Gasteiger partial charge in [0.05, 0.1) is 5.69 Å². The number of rotatable bonds is 7. The molecule has 0 saturated heterocycles. The molecule has 0 spiro atoms. The number of hydrogen-bond acceptors (Lipinski definition) is 2. The molecule has 55 heavy (non-hydrogen) atoms. The molecule has 3 nitrogen and oxygen atoms in total. The molecular weight excluding hydrogens is 667 g/mol. The largest absolute Gasteiger partial charge is 0.341 e. The minimum Gasteiger partial charge on any atom is -0.341 e. The van der Waals surface area contributed by atoms with Gasteiger partial charge in [-0.1, -0.05) is 115 Å². The molecule has 0 saturated carbocycles. The first kappa shape index (κ1) is 31.7. The second kappa shape index (κ2) is 12.6. The second-order valence-electron chi connectivity index (χ2n) is 14.8. The van der Waals surface area contributed by atoms with Crippen LogP contribution in [0.5, 0.6) is 0 Å². The Kier molecular flexibility index (Phi) is 7.28. The van der Waals surface area contributed by atoms with Gasteiger partial charge in [-0.3, -0.25) is 0 Å². The number of nitrogens with zero attached hydrogens (tertiary/aromatic N) is 3. The summed E-state index contributed by atoms with van der Waals surface area (Å²) in [6, 6.07) is 55.7. The summed E-state index contributed by atoms with van der Waals surface area (Å²) in [5.41, 5.74) is 16.5. The summed E-state index contributed by atoms with van der Waals surface area (Å²) in [4.78, 5) is 4.90. The van der Waals surface area contributed by atoms with Crippen molar-refractivity contribution in [3.63, 3.8) is 0 Å². The molecule has 0 N–H and O–H groups in total. The molecule has 1 aromatic heterocycles. The van der Waals surface area contributed by atoms with Gasteiger partial charge in [0, 0.05) is 68.1 Å². The number of aromatic nitrogens is 1. The fourth-order valence-electron chi connectivity index (χ4n) is 9.42. The first-order valence-corrected chi connectivity index (χ1v) is 19.4. The van der Waals surface area contributed by atoms with Crippen molar-refractivity contribution in [2.45, 2.75) is 25.8 Å². The van der Waals surface area contributed by atoms with E-state index < -0.39 is 0 Å². The minimum atomic E-state index is 0.295. The molecule has 1 unspecified atom stereocenters. The van der Waals surface area contributed by atoms with Crippen LogP contribution in [-0.4, -0.2) is 4.57 Å². The highest BCUT2D eigenvalue weighted by atomic mass is 15.2. The molecule has 3 heteroatoms. The Labute approximate surface area is 321 Å². The average Bonchev–Trinajstić information content (AvgIpc) is 3.56. The third-order valence-corrected chi connectivity index (χ3v) is 11.8.